The van der Waals surface area contributed by atoms with E-state index in [4.69, 9.17) is 9.15 Å². The van der Waals surface area contributed by atoms with E-state index in [0.29, 0.717) is 34.3 Å². The molecule has 1 aromatic heterocycles. The van der Waals surface area contributed by atoms with E-state index in [9.17, 15) is 19.5 Å². The quantitative estimate of drug-likeness (QED) is 0.592. The monoisotopic (exact) mass is 421 g/mol. The average Bonchev–Trinajstić information content (AvgIpc) is 2.76. The van der Waals surface area contributed by atoms with Crippen molar-refractivity contribution in [3.05, 3.63) is 75.1 Å². The molecule has 0 unspecified atom stereocenters. The van der Waals surface area contributed by atoms with Gasteiger partial charge in [0.2, 0.25) is 0 Å². The predicted octanol–water partition coefficient (Wildman–Crippen LogP) is 3.30. The van der Waals surface area contributed by atoms with E-state index in [1.54, 1.807) is 42.5 Å². The summed E-state index contributed by atoms with van der Waals surface area (Å²) in [5.74, 6) is -1.26. The number of carboxylic acids is 1. The highest BCUT2D eigenvalue weighted by Crippen LogP contribution is 2.34. The summed E-state index contributed by atoms with van der Waals surface area (Å²) in [6.45, 7) is 1.49. The Morgan fingerprint density at radius 3 is 2.55 bits per heavy atom. The number of carboxylic acid groups (broad SMARTS) is 1. The summed E-state index contributed by atoms with van der Waals surface area (Å²) in [5.41, 5.74) is 3.01. The fourth-order valence-corrected chi connectivity index (χ4v) is 4.06. The largest absolute Gasteiger partial charge is 0.483 e. The molecule has 0 saturated heterocycles. The molecule has 1 aliphatic rings. The smallest absolute Gasteiger partial charge is 0.339 e. The number of hydrogen-bond acceptors (Lipinski definition) is 5. The zero-order chi connectivity index (χ0) is 22.0. The van der Waals surface area contributed by atoms with Gasteiger partial charge in [-0.2, -0.15) is 0 Å². The standard InChI is InChI=1S/C24H23NO6/c1-14-11-18(21-16-9-5-6-10-17(16)24(29)31-19(21)12-14)30-13-20(26)25-22(23(27)28)15-7-3-2-4-8-15/h2-4,7-8,11-12,22H,5-6,9-10,13H2,1H3,(H,25,26)(H,27,28)/t22-/m0/s1. The molecule has 0 bridgehead atoms. The van der Waals surface area contributed by atoms with E-state index in [2.05, 4.69) is 5.32 Å². The number of ether oxygens (including phenoxy) is 1. The Balaban J connectivity index is 1.59. The van der Waals surface area contributed by atoms with Crippen LogP contribution in [-0.2, 0) is 22.4 Å². The normalized spacial score (nSPS) is 14.0. The summed E-state index contributed by atoms with van der Waals surface area (Å²) in [5, 5.41) is 12.7. The van der Waals surface area contributed by atoms with Crippen molar-refractivity contribution in [2.24, 2.45) is 0 Å². The zero-order valence-corrected chi connectivity index (χ0v) is 17.1. The predicted molar refractivity (Wildman–Crippen MR) is 114 cm³/mol. The van der Waals surface area contributed by atoms with Gasteiger partial charge < -0.3 is 19.6 Å². The van der Waals surface area contributed by atoms with Crippen LogP contribution in [0, 0.1) is 6.92 Å². The maximum absolute atomic E-state index is 12.5. The molecular weight excluding hydrogens is 398 g/mol. The maximum atomic E-state index is 12.5. The molecule has 4 rings (SSSR count). The van der Waals surface area contributed by atoms with Crippen LogP contribution in [0.5, 0.6) is 5.75 Å². The zero-order valence-electron chi connectivity index (χ0n) is 17.1. The molecule has 31 heavy (non-hydrogen) atoms. The number of amides is 1. The van der Waals surface area contributed by atoms with Crippen molar-refractivity contribution in [1.82, 2.24) is 5.32 Å². The molecule has 2 N–H and O–H groups in total. The van der Waals surface area contributed by atoms with Crippen molar-refractivity contribution in [2.45, 2.75) is 38.6 Å². The highest BCUT2D eigenvalue weighted by atomic mass is 16.5. The molecule has 7 heteroatoms. The molecule has 0 aliphatic heterocycles. The van der Waals surface area contributed by atoms with Crippen molar-refractivity contribution >= 4 is 22.8 Å². The van der Waals surface area contributed by atoms with Gasteiger partial charge in [0.1, 0.15) is 11.3 Å². The number of fused-ring (bicyclic) bond motifs is 3. The van der Waals surface area contributed by atoms with E-state index in [1.807, 2.05) is 6.92 Å². The second-order valence-electron chi connectivity index (χ2n) is 7.73. The summed E-state index contributed by atoms with van der Waals surface area (Å²) in [6, 6.07) is 10.9. The van der Waals surface area contributed by atoms with E-state index in [-0.39, 0.29) is 12.2 Å². The lowest BCUT2D eigenvalue weighted by Gasteiger charge is -2.19. The Bertz CT molecular complexity index is 1200. The lowest BCUT2D eigenvalue weighted by atomic mass is 9.90. The number of benzene rings is 2. The van der Waals surface area contributed by atoms with Gasteiger partial charge in [0, 0.05) is 5.56 Å². The van der Waals surface area contributed by atoms with Gasteiger partial charge in [0.15, 0.2) is 12.6 Å². The van der Waals surface area contributed by atoms with Crippen LogP contribution in [0.3, 0.4) is 0 Å². The van der Waals surface area contributed by atoms with Crippen molar-refractivity contribution in [3.63, 3.8) is 0 Å². The molecule has 160 valence electrons. The minimum absolute atomic E-state index is 0.316. The first-order valence-electron chi connectivity index (χ1n) is 10.2. The maximum Gasteiger partial charge on any atom is 0.339 e. The second kappa shape index (κ2) is 8.63. The number of nitrogens with one attached hydrogen (secondary N) is 1. The Hall–Kier alpha value is -3.61. The van der Waals surface area contributed by atoms with Crippen LogP contribution in [0.1, 0.15) is 41.1 Å². The van der Waals surface area contributed by atoms with E-state index in [1.165, 1.54) is 0 Å². The summed E-state index contributed by atoms with van der Waals surface area (Å²) in [6.07, 6.45) is 3.32. The summed E-state index contributed by atoms with van der Waals surface area (Å²) in [4.78, 5) is 36.5. The molecule has 1 aliphatic carbocycles. The second-order valence-corrected chi connectivity index (χ2v) is 7.73. The Kier molecular flexibility index (Phi) is 5.75. The molecule has 1 amide bonds. The highest BCUT2D eigenvalue weighted by Gasteiger charge is 2.24. The molecule has 0 saturated carbocycles. The molecular formula is C24H23NO6. The first-order chi connectivity index (χ1) is 14.9. The van der Waals surface area contributed by atoms with Gasteiger partial charge in [-0.3, -0.25) is 4.79 Å². The molecule has 3 aromatic rings. The molecule has 1 atom stereocenters. The summed E-state index contributed by atoms with van der Waals surface area (Å²) < 4.78 is 11.3. The molecule has 1 heterocycles. The first-order valence-corrected chi connectivity index (χ1v) is 10.2. The number of aliphatic carboxylic acids is 1. The molecule has 0 fully saturated rings. The Morgan fingerprint density at radius 2 is 1.84 bits per heavy atom. The highest BCUT2D eigenvalue weighted by molar-refractivity contribution is 5.90. The average molecular weight is 421 g/mol. The minimum atomic E-state index is -1.17. The van der Waals surface area contributed by atoms with E-state index >= 15 is 0 Å². The fraction of sp³-hybridized carbons (Fsp3) is 0.292. The van der Waals surface area contributed by atoms with Gasteiger partial charge in [0.25, 0.3) is 5.91 Å². The van der Waals surface area contributed by atoms with Crippen LogP contribution < -0.4 is 15.7 Å². The van der Waals surface area contributed by atoms with Crippen LogP contribution in [0.15, 0.2) is 51.7 Å². The van der Waals surface area contributed by atoms with Gasteiger partial charge in [-0.1, -0.05) is 30.3 Å². The molecule has 7 nitrogen and oxygen atoms in total. The molecule has 0 spiro atoms. The minimum Gasteiger partial charge on any atom is -0.483 e. The van der Waals surface area contributed by atoms with Crippen molar-refractivity contribution in [1.29, 1.82) is 0 Å². The topological polar surface area (TPSA) is 106 Å². The fourth-order valence-electron chi connectivity index (χ4n) is 4.06. The van der Waals surface area contributed by atoms with Crippen molar-refractivity contribution < 1.29 is 23.8 Å². The lowest BCUT2D eigenvalue weighted by molar-refractivity contribution is -0.142. The third-order valence-electron chi connectivity index (χ3n) is 5.47. The van der Waals surface area contributed by atoms with Crippen LogP contribution >= 0.6 is 0 Å². The summed E-state index contributed by atoms with van der Waals surface area (Å²) >= 11 is 0. The van der Waals surface area contributed by atoms with Gasteiger partial charge in [-0.05, 0) is 61.4 Å². The van der Waals surface area contributed by atoms with Crippen LogP contribution in [-0.4, -0.2) is 23.6 Å². The van der Waals surface area contributed by atoms with Gasteiger partial charge >= 0.3 is 11.6 Å². The van der Waals surface area contributed by atoms with Crippen molar-refractivity contribution in [3.8, 4) is 5.75 Å². The van der Waals surface area contributed by atoms with Crippen molar-refractivity contribution in [2.75, 3.05) is 6.61 Å². The Morgan fingerprint density at radius 1 is 1.13 bits per heavy atom. The first kappa shape index (κ1) is 20.7. The number of rotatable bonds is 6. The van der Waals surface area contributed by atoms with Gasteiger partial charge in [-0.15, -0.1) is 0 Å². The molecule has 0 radical (unpaired) electrons. The van der Waals surface area contributed by atoms with E-state index < -0.39 is 17.9 Å². The number of aryl methyl sites for hydroxylation is 2. The van der Waals surface area contributed by atoms with E-state index in [0.717, 1.165) is 30.4 Å². The number of carbonyl (C=O) groups excluding carboxylic acids is 1. The van der Waals surface area contributed by atoms with Crippen LogP contribution in [0.4, 0.5) is 0 Å². The Labute approximate surface area is 178 Å². The number of hydrogen-bond donors (Lipinski definition) is 2. The third-order valence-corrected chi connectivity index (χ3v) is 5.47. The summed E-state index contributed by atoms with van der Waals surface area (Å²) in [7, 11) is 0. The van der Waals surface area contributed by atoms with Gasteiger partial charge in [-0.25, -0.2) is 9.59 Å². The van der Waals surface area contributed by atoms with Crippen LogP contribution in [0.25, 0.3) is 11.0 Å². The number of carbonyl (C=O) groups is 2. The SMILES string of the molecule is Cc1cc(OCC(=O)N[C@H](C(=O)O)c2ccccc2)c2c3c(c(=O)oc2c1)CCCC3. The lowest BCUT2D eigenvalue weighted by Crippen LogP contribution is -2.36. The van der Waals surface area contributed by atoms with Crippen LogP contribution in [0.2, 0.25) is 0 Å². The van der Waals surface area contributed by atoms with Gasteiger partial charge in [0.05, 0.1) is 5.39 Å². The molecule has 2 aromatic carbocycles. The third kappa shape index (κ3) is 4.30.